The van der Waals surface area contributed by atoms with Gasteiger partial charge in [0.2, 0.25) is 23.6 Å². The third-order valence-corrected chi connectivity index (χ3v) is 7.20. The Morgan fingerprint density at radius 2 is 1.24 bits per heavy atom. The van der Waals surface area contributed by atoms with Crippen molar-refractivity contribution in [2.24, 2.45) is 17.6 Å². The third-order valence-electron chi connectivity index (χ3n) is 7.20. The molecule has 11 nitrogen and oxygen atoms in total. The molecule has 3 rings (SSSR count). The fraction of sp³-hybridized carbons (Fsp3) is 0.400. The molecule has 3 atom stereocenters. The van der Waals surface area contributed by atoms with Gasteiger partial charge in [-0.1, -0.05) is 88.4 Å². The van der Waals surface area contributed by atoms with Crippen LogP contribution in [0.15, 0.2) is 72.8 Å². The number of carbonyl (C=O) groups excluding carboxylic acids is 5. The summed E-state index contributed by atoms with van der Waals surface area (Å²) in [5.74, 6) is -2.26. The van der Waals surface area contributed by atoms with Crippen LogP contribution in [-0.4, -0.2) is 47.8 Å². The summed E-state index contributed by atoms with van der Waals surface area (Å²) in [5.41, 5.74) is 6.68. The fourth-order valence-corrected chi connectivity index (χ4v) is 4.91. The summed E-state index contributed by atoms with van der Waals surface area (Å²) in [5, 5.41) is 12.8. The highest BCUT2D eigenvalue weighted by Crippen LogP contribution is 2.19. The monoisotopic (exact) mass is 631 g/mol. The highest BCUT2D eigenvalue weighted by Gasteiger charge is 2.31. The van der Waals surface area contributed by atoms with Crippen molar-refractivity contribution in [3.63, 3.8) is 0 Å². The van der Waals surface area contributed by atoms with Crippen molar-refractivity contribution in [1.82, 2.24) is 16.0 Å². The first-order chi connectivity index (χ1) is 21.9. The van der Waals surface area contributed by atoms with E-state index in [1.165, 1.54) is 0 Å². The van der Waals surface area contributed by atoms with Gasteiger partial charge in [-0.25, -0.2) is 4.79 Å². The summed E-state index contributed by atoms with van der Waals surface area (Å²) in [6.45, 7) is 7.65. The number of primary amides is 1. The molecule has 3 aromatic rings. The molecule has 0 heterocycles. The van der Waals surface area contributed by atoms with Gasteiger partial charge in [0.1, 0.15) is 24.7 Å². The minimum atomic E-state index is -1.10. The normalized spacial score (nSPS) is 13.0. The molecule has 3 aromatic carbocycles. The maximum absolute atomic E-state index is 13.6. The van der Waals surface area contributed by atoms with Gasteiger partial charge >= 0.3 is 6.09 Å². The standard InChI is InChI=1S/C35H45N5O6/c1-22(2)18-29(39-34(44)30(19-23(3)4)40-35(45)46-21-24-10-6-5-7-11-24)33(43)38-28(16-17-31(36)41)32(42)37-27-15-14-25-12-8-9-13-26(25)20-27/h5-15,20,22-23,28-30H,16-19,21H2,1-4H3,(H2,36,41)(H,37,42)(H,38,43)(H,39,44)(H,40,45)/t28-,29-,30-/m0/s1. The zero-order chi connectivity index (χ0) is 33.6. The summed E-state index contributed by atoms with van der Waals surface area (Å²) in [6, 6.07) is 19.2. The number of benzene rings is 3. The van der Waals surface area contributed by atoms with Crippen LogP contribution in [0.2, 0.25) is 0 Å². The maximum atomic E-state index is 13.6. The highest BCUT2D eigenvalue weighted by atomic mass is 16.5. The first kappa shape index (κ1) is 35.5. The second-order valence-corrected chi connectivity index (χ2v) is 12.2. The zero-order valence-electron chi connectivity index (χ0n) is 26.9. The van der Waals surface area contributed by atoms with Crippen molar-refractivity contribution in [2.45, 2.75) is 78.1 Å². The molecule has 0 unspecified atom stereocenters. The van der Waals surface area contributed by atoms with Crippen LogP contribution in [0.5, 0.6) is 0 Å². The lowest BCUT2D eigenvalue weighted by Gasteiger charge is -2.26. The van der Waals surface area contributed by atoms with E-state index in [2.05, 4.69) is 21.3 Å². The SMILES string of the molecule is CC(C)C[C@H](NC(=O)OCc1ccccc1)C(=O)N[C@@H](CC(C)C)C(=O)N[C@@H](CCC(N)=O)C(=O)Nc1ccc2ccccc2c1. The molecule has 0 bridgehead atoms. The Hall–Kier alpha value is -4.93. The molecule has 0 aliphatic heterocycles. The van der Waals surface area contributed by atoms with Gasteiger partial charge in [-0.15, -0.1) is 0 Å². The van der Waals surface area contributed by atoms with Crippen molar-refractivity contribution < 1.29 is 28.7 Å². The number of rotatable bonds is 16. The Morgan fingerprint density at radius 1 is 0.674 bits per heavy atom. The van der Waals surface area contributed by atoms with Crippen LogP contribution < -0.4 is 27.0 Å². The van der Waals surface area contributed by atoms with Crippen LogP contribution in [0, 0.1) is 11.8 Å². The van der Waals surface area contributed by atoms with Crippen LogP contribution in [-0.2, 0) is 30.5 Å². The van der Waals surface area contributed by atoms with E-state index in [4.69, 9.17) is 10.5 Å². The number of carbonyl (C=O) groups is 5. The number of nitrogens with two attached hydrogens (primary N) is 1. The zero-order valence-corrected chi connectivity index (χ0v) is 26.9. The van der Waals surface area contributed by atoms with Gasteiger partial charge in [0.05, 0.1) is 0 Å². The largest absolute Gasteiger partial charge is 0.445 e. The van der Waals surface area contributed by atoms with Gasteiger partial charge in [0.25, 0.3) is 0 Å². The van der Waals surface area contributed by atoms with Gasteiger partial charge in [-0.05, 0) is 59.6 Å². The van der Waals surface area contributed by atoms with E-state index < -0.39 is 47.8 Å². The molecule has 0 saturated heterocycles. The van der Waals surface area contributed by atoms with E-state index in [1.807, 2.05) is 94.4 Å². The molecule has 246 valence electrons. The van der Waals surface area contributed by atoms with E-state index in [9.17, 15) is 24.0 Å². The Balaban J connectivity index is 1.71. The first-order valence-electron chi connectivity index (χ1n) is 15.6. The summed E-state index contributed by atoms with van der Waals surface area (Å²) in [6.07, 6.45) is -0.362. The molecule has 0 aromatic heterocycles. The van der Waals surface area contributed by atoms with Crippen molar-refractivity contribution in [2.75, 3.05) is 5.32 Å². The smallest absolute Gasteiger partial charge is 0.408 e. The Labute approximate surface area is 270 Å². The lowest BCUT2D eigenvalue weighted by Crippen LogP contribution is -2.56. The summed E-state index contributed by atoms with van der Waals surface area (Å²) >= 11 is 0. The molecular formula is C35H45N5O6. The molecule has 0 saturated carbocycles. The van der Waals surface area contributed by atoms with E-state index in [1.54, 1.807) is 6.07 Å². The average molecular weight is 632 g/mol. The number of ether oxygens (including phenoxy) is 1. The third kappa shape index (κ3) is 11.9. The Bertz CT molecular complexity index is 1490. The first-order valence-corrected chi connectivity index (χ1v) is 15.6. The van der Waals surface area contributed by atoms with Crippen molar-refractivity contribution in [3.05, 3.63) is 78.4 Å². The molecule has 0 aliphatic rings. The van der Waals surface area contributed by atoms with Gasteiger partial charge < -0.3 is 31.7 Å². The Kier molecular flexibility index (Phi) is 13.5. The molecular weight excluding hydrogens is 586 g/mol. The van der Waals surface area contributed by atoms with Crippen LogP contribution >= 0.6 is 0 Å². The number of hydrogen-bond acceptors (Lipinski definition) is 6. The lowest BCUT2D eigenvalue weighted by molar-refractivity contribution is -0.132. The second-order valence-electron chi connectivity index (χ2n) is 12.2. The van der Waals surface area contributed by atoms with Crippen molar-refractivity contribution in [1.29, 1.82) is 0 Å². The number of alkyl carbamates (subject to hydrolysis) is 1. The minimum absolute atomic E-state index is 0.00103. The van der Waals surface area contributed by atoms with Gasteiger partial charge in [0.15, 0.2) is 0 Å². The molecule has 5 amide bonds. The summed E-state index contributed by atoms with van der Waals surface area (Å²) < 4.78 is 5.31. The number of nitrogens with one attached hydrogen (secondary N) is 4. The fourth-order valence-electron chi connectivity index (χ4n) is 4.91. The number of amides is 5. The van der Waals surface area contributed by atoms with Crippen LogP contribution in [0.3, 0.4) is 0 Å². The maximum Gasteiger partial charge on any atom is 0.408 e. The average Bonchev–Trinajstić information content (AvgIpc) is 3.01. The predicted molar refractivity (Wildman–Crippen MR) is 177 cm³/mol. The van der Waals surface area contributed by atoms with Gasteiger partial charge in [-0.3, -0.25) is 19.2 Å². The molecule has 6 N–H and O–H groups in total. The van der Waals surface area contributed by atoms with E-state index >= 15 is 0 Å². The van der Waals surface area contributed by atoms with Crippen LogP contribution in [0.4, 0.5) is 10.5 Å². The molecule has 46 heavy (non-hydrogen) atoms. The van der Waals surface area contributed by atoms with Gasteiger partial charge in [-0.2, -0.15) is 0 Å². The molecule has 0 spiro atoms. The Morgan fingerprint density at radius 3 is 1.85 bits per heavy atom. The van der Waals surface area contributed by atoms with Crippen molar-refractivity contribution >= 4 is 46.2 Å². The minimum Gasteiger partial charge on any atom is -0.445 e. The molecule has 0 aliphatic carbocycles. The van der Waals surface area contributed by atoms with Crippen molar-refractivity contribution in [3.8, 4) is 0 Å². The number of fused-ring (bicyclic) bond motifs is 1. The highest BCUT2D eigenvalue weighted by molar-refractivity contribution is 6.00. The summed E-state index contributed by atoms with van der Waals surface area (Å²) in [4.78, 5) is 64.6. The number of anilines is 1. The van der Waals surface area contributed by atoms with E-state index in [0.29, 0.717) is 12.1 Å². The lowest BCUT2D eigenvalue weighted by atomic mass is 9.99. The molecule has 0 radical (unpaired) electrons. The molecule has 0 fully saturated rings. The summed E-state index contributed by atoms with van der Waals surface area (Å²) in [7, 11) is 0. The number of hydrogen-bond donors (Lipinski definition) is 5. The topological polar surface area (TPSA) is 169 Å². The van der Waals surface area contributed by atoms with Crippen LogP contribution in [0.1, 0.15) is 58.9 Å². The van der Waals surface area contributed by atoms with Crippen LogP contribution in [0.25, 0.3) is 10.8 Å². The van der Waals surface area contributed by atoms with Gasteiger partial charge in [0, 0.05) is 12.1 Å². The second kappa shape index (κ2) is 17.5. The van der Waals surface area contributed by atoms with E-state index in [0.717, 1.165) is 16.3 Å². The molecule has 11 heteroatoms. The van der Waals surface area contributed by atoms with E-state index in [-0.39, 0.29) is 37.7 Å². The predicted octanol–water partition coefficient (Wildman–Crippen LogP) is 4.40. The quantitative estimate of drug-likeness (QED) is 0.157.